The fourth-order valence-electron chi connectivity index (χ4n) is 17.5. The van der Waals surface area contributed by atoms with Crippen molar-refractivity contribution in [3.05, 3.63) is 313 Å². The molecular weight excluding hydrogens is 1290 g/mol. The van der Waals surface area contributed by atoms with Crippen LogP contribution in [0.4, 0.5) is 0 Å². The van der Waals surface area contributed by atoms with Gasteiger partial charge in [-0.25, -0.2) is 0 Å². The molecule has 6 nitrogen and oxygen atoms in total. The number of hydrogen-bond donors (Lipinski definition) is 0. The Bertz CT molecular complexity index is 6980. The zero-order chi connectivity index (χ0) is 71.9. The standard InChI is InChI=1S/C100H82N4O2/c1-97(2,3)65-35-48-86-78(55-65)80-57-67(37-50-88(80)101(86)69-39-27-61(28-40-69)63-31-43-71(44-32-63)103-84-23-15-12-20-74(84)82-60-94-83(59-90(82)103)75-21-13-17-25-91(75)106-94)99(7,8)53-54-100(9,10)68-38-51-89-81(58-68)79-56-66(98(4,5)6)36-49-87(79)102(89)70-41-29-62(30-42-70)64-33-45-72(46-34-64)104-85-24-16-11-19-73(85)76-47-52-93-95(96(76)104)77-22-14-18-26-92(77)105-93/h11-52,55-60H,53-54H2,1-10H3. The van der Waals surface area contributed by atoms with Crippen LogP contribution in [-0.2, 0) is 21.7 Å². The molecule has 0 spiro atoms. The minimum atomic E-state index is -0.118. The van der Waals surface area contributed by atoms with Crippen LogP contribution in [0.25, 0.3) is 176 Å². The predicted molar refractivity (Wildman–Crippen MR) is 448 cm³/mol. The second-order valence-corrected chi connectivity index (χ2v) is 33.2. The molecule has 6 heterocycles. The second-order valence-electron chi connectivity index (χ2n) is 33.2. The zero-order valence-electron chi connectivity index (χ0n) is 61.7. The van der Waals surface area contributed by atoms with Gasteiger partial charge < -0.3 is 27.1 Å². The van der Waals surface area contributed by atoms with Gasteiger partial charge in [0.05, 0.1) is 49.5 Å². The fourth-order valence-corrected chi connectivity index (χ4v) is 17.5. The molecule has 0 bridgehead atoms. The van der Waals surface area contributed by atoms with E-state index in [0.29, 0.717) is 0 Å². The maximum atomic E-state index is 6.43. The molecule has 6 aromatic heterocycles. The van der Waals surface area contributed by atoms with Crippen molar-refractivity contribution >= 4 is 131 Å². The Morgan fingerprint density at radius 2 is 0.566 bits per heavy atom. The maximum absolute atomic E-state index is 6.43. The average Bonchev–Trinajstić information content (AvgIpc) is 1.59. The van der Waals surface area contributed by atoms with Crippen LogP contribution in [-0.4, -0.2) is 18.3 Å². The van der Waals surface area contributed by atoms with Gasteiger partial charge in [0.2, 0.25) is 0 Å². The van der Waals surface area contributed by atoms with Gasteiger partial charge in [0.1, 0.15) is 22.3 Å². The lowest BCUT2D eigenvalue weighted by molar-refractivity contribution is 0.375. The third-order valence-electron chi connectivity index (χ3n) is 23.7. The van der Waals surface area contributed by atoms with E-state index >= 15 is 0 Å². The summed E-state index contributed by atoms with van der Waals surface area (Å²) in [6, 6.07) is 109. The third-order valence-corrected chi connectivity index (χ3v) is 23.7. The van der Waals surface area contributed by atoms with Crippen molar-refractivity contribution in [2.24, 2.45) is 0 Å². The van der Waals surface area contributed by atoms with Crippen LogP contribution in [0, 0.1) is 0 Å². The maximum Gasteiger partial charge on any atom is 0.137 e. The molecule has 0 saturated carbocycles. The molecule has 514 valence electrons. The lowest BCUT2D eigenvalue weighted by Crippen LogP contribution is -2.24. The molecule has 20 aromatic rings. The number of furan rings is 2. The molecule has 106 heavy (non-hydrogen) atoms. The summed E-state index contributed by atoms with van der Waals surface area (Å²) in [6.45, 7) is 23.8. The minimum absolute atomic E-state index is 0.0109. The Balaban J connectivity index is 0.588. The highest BCUT2D eigenvalue weighted by Gasteiger charge is 2.31. The van der Waals surface area contributed by atoms with Crippen molar-refractivity contribution in [2.75, 3.05) is 0 Å². The lowest BCUT2D eigenvalue weighted by atomic mass is 9.72. The summed E-state index contributed by atoms with van der Waals surface area (Å²) < 4.78 is 22.6. The number of rotatable bonds is 11. The summed E-state index contributed by atoms with van der Waals surface area (Å²) >= 11 is 0. The Kier molecular flexibility index (Phi) is 13.9. The van der Waals surface area contributed by atoms with E-state index in [1.165, 1.54) is 132 Å². The molecule has 0 saturated heterocycles. The van der Waals surface area contributed by atoms with Crippen molar-refractivity contribution < 1.29 is 8.83 Å². The van der Waals surface area contributed by atoms with Crippen LogP contribution >= 0.6 is 0 Å². The first-order valence-corrected chi connectivity index (χ1v) is 37.6. The van der Waals surface area contributed by atoms with Crippen molar-refractivity contribution in [1.82, 2.24) is 18.3 Å². The molecule has 0 atom stereocenters. The van der Waals surface area contributed by atoms with Gasteiger partial charge in [0.15, 0.2) is 0 Å². The van der Waals surface area contributed by atoms with Gasteiger partial charge in [-0.05, 0) is 225 Å². The number of benzene rings is 14. The molecule has 0 aliphatic heterocycles. The first-order chi connectivity index (χ1) is 51.3. The van der Waals surface area contributed by atoms with E-state index < -0.39 is 0 Å². The normalized spacial score (nSPS) is 12.9. The van der Waals surface area contributed by atoms with Crippen molar-refractivity contribution in [3.63, 3.8) is 0 Å². The summed E-state index contributed by atoms with van der Waals surface area (Å²) in [5, 5.41) is 14.5. The van der Waals surface area contributed by atoms with Crippen LogP contribution in [0.1, 0.15) is 104 Å². The third kappa shape index (κ3) is 9.97. The van der Waals surface area contributed by atoms with Gasteiger partial charge in [0.25, 0.3) is 0 Å². The van der Waals surface area contributed by atoms with Gasteiger partial charge in [-0.15, -0.1) is 0 Å². The minimum Gasteiger partial charge on any atom is -0.456 e. The van der Waals surface area contributed by atoms with Crippen LogP contribution in [0.5, 0.6) is 0 Å². The molecule has 0 radical (unpaired) electrons. The van der Waals surface area contributed by atoms with E-state index in [4.69, 9.17) is 8.83 Å². The summed E-state index contributed by atoms with van der Waals surface area (Å²) in [7, 11) is 0. The van der Waals surface area contributed by atoms with Gasteiger partial charge >= 0.3 is 0 Å². The van der Waals surface area contributed by atoms with Crippen LogP contribution in [0.15, 0.2) is 300 Å². The molecule has 14 aromatic carbocycles. The van der Waals surface area contributed by atoms with Gasteiger partial charge in [-0.3, -0.25) is 0 Å². The fraction of sp³-hybridized carbons (Fsp3) is 0.160. The SMILES string of the molecule is CC(C)(C)c1ccc2c(c1)c1cc(C(C)(C)CCC(C)(C)c3ccc4c(c3)c3cc(C(C)(C)C)ccc3n4-c3ccc(-c4ccc(-n5c6ccccc6c6ccc7oc8ccccc8c7c65)cc4)cc3)ccc1n2-c1ccc(-c2ccc(-n3c4ccccc4c4cc5oc6ccccc6c5cc43)cc2)cc1. The molecule has 0 aliphatic carbocycles. The molecule has 20 rings (SSSR count). The van der Waals surface area contributed by atoms with Gasteiger partial charge in [-0.1, -0.05) is 215 Å². The molecule has 0 amide bonds. The van der Waals surface area contributed by atoms with Crippen molar-refractivity contribution in [3.8, 4) is 45.0 Å². The Hall–Kier alpha value is -12.1. The number of nitrogens with zero attached hydrogens (tertiary/aromatic N) is 4. The van der Waals surface area contributed by atoms with E-state index in [1.54, 1.807) is 0 Å². The molecule has 0 unspecified atom stereocenters. The molecular formula is C100H82N4O2. The largest absolute Gasteiger partial charge is 0.456 e. The quantitative estimate of drug-likeness (QED) is 0.130. The molecule has 0 N–H and O–H groups in total. The van der Waals surface area contributed by atoms with Gasteiger partial charge in [-0.2, -0.15) is 0 Å². The Labute approximate surface area is 616 Å². The topological polar surface area (TPSA) is 46.0 Å². The van der Waals surface area contributed by atoms with Crippen molar-refractivity contribution in [2.45, 2.75) is 104 Å². The number of para-hydroxylation sites is 4. The highest BCUT2D eigenvalue weighted by atomic mass is 16.3. The van der Waals surface area contributed by atoms with E-state index in [0.717, 1.165) is 79.5 Å². The first kappa shape index (κ1) is 63.6. The monoisotopic (exact) mass is 1370 g/mol. The van der Waals surface area contributed by atoms with E-state index in [1.807, 2.05) is 12.1 Å². The Morgan fingerprint density at radius 1 is 0.226 bits per heavy atom. The lowest BCUT2D eigenvalue weighted by Gasteiger charge is -2.32. The predicted octanol–water partition coefficient (Wildman–Crippen LogP) is 27.8. The van der Waals surface area contributed by atoms with Crippen LogP contribution < -0.4 is 0 Å². The van der Waals surface area contributed by atoms with Crippen LogP contribution in [0.3, 0.4) is 0 Å². The van der Waals surface area contributed by atoms with E-state index in [9.17, 15) is 0 Å². The zero-order valence-corrected chi connectivity index (χ0v) is 61.7. The van der Waals surface area contributed by atoms with E-state index in [2.05, 4.69) is 367 Å². The smallest absolute Gasteiger partial charge is 0.137 e. The highest BCUT2D eigenvalue weighted by Crippen LogP contribution is 2.47. The average molecular weight is 1370 g/mol. The summed E-state index contributed by atoms with van der Waals surface area (Å²) in [5.41, 5.74) is 27.6. The Morgan fingerprint density at radius 3 is 1.03 bits per heavy atom. The number of aromatic nitrogens is 4. The summed E-state index contributed by atoms with van der Waals surface area (Å²) in [6.07, 6.45) is 2.03. The highest BCUT2D eigenvalue weighted by molar-refractivity contribution is 6.25. The molecule has 0 fully saturated rings. The van der Waals surface area contributed by atoms with E-state index in [-0.39, 0.29) is 21.7 Å². The summed E-state index contributed by atoms with van der Waals surface area (Å²) in [4.78, 5) is 0. The van der Waals surface area contributed by atoms with Gasteiger partial charge in [0, 0.05) is 82.0 Å². The first-order valence-electron chi connectivity index (χ1n) is 37.6. The number of fused-ring (bicyclic) bond motifs is 19. The second kappa shape index (κ2) is 23.2. The van der Waals surface area contributed by atoms with Crippen molar-refractivity contribution in [1.29, 1.82) is 0 Å². The number of hydrogen-bond acceptors (Lipinski definition) is 2. The molecule has 0 aliphatic rings. The van der Waals surface area contributed by atoms with Crippen LogP contribution in [0.2, 0.25) is 0 Å². The molecule has 6 heteroatoms. The summed E-state index contributed by atoms with van der Waals surface area (Å²) in [5.74, 6) is 0.